The van der Waals surface area contributed by atoms with Gasteiger partial charge in [-0.15, -0.1) is 0 Å². The Morgan fingerprint density at radius 2 is 1.84 bits per heavy atom. The molecule has 0 saturated heterocycles. The zero-order chi connectivity index (χ0) is 13.9. The van der Waals surface area contributed by atoms with Crippen LogP contribution in [0, 0.1) is 0 Å². The Morgan fingerprint density at radius 3 is 2.53 bits per heavy atom. The second kappa shape index (κ2) is 5.34. The molecule has 5 heteroatoms. The number of carbonyl (C=O) groups excluding carboxylic acids is 1. The average molecular weight is 261 g/mol. The van der Waals surface area contributed by atoms with Crippen LogP contribution >= 0.6 is 0 Å². The number of carbonyl (C=O) groups is 1. The van der Waals surface area contributed by atoms with Crippen molar-refractivity contribution in [2.45, 2.75) is 12.9 Å². The van der Waals surface area contributed by atoms with Gasteiger partial charge in [-0.3, -0.25) is 4.98 Å². The molecule has 0 atom stereocenters. The maximum Gasteiger partial charge on any atom is 0.344 e. The van der Waals surface area contributed by atoms with Crippen molar-refractivity contribution < 1.29 is 19.0 Å². The molecule has 0 aliphatic carbocycles. The predicted molar refractivity (Wildman–Crippen MR) is 69.6 cm³/mol. The van der Waals surface area contributed by atoms with Gasteiger partial charge in [0, 0.05) is 38.9 Å². The van der Waals surface area contributed by atoms with E-state index < -0.39 is 11.9 Å². The van der Waals surface area contributed by atoms with Gasteiger partial charge in [0.05, 0.1) is 5.56 Å². The molecule has 1 aromatic carbocycles. The largest absolute Gasteiger partial charge is 0.404 e. The Morgan fingerprint density at radius 1 is 1.16 bits per heavy atom. The van der Waals surface area contributed by atoms with Crippen molar-refractivity contribution in [2.75, 3.05) is 14.2 Å². The second-order valence-corrected chi connectivity index (χ2v) is 4.07. The van der Waals surface area contributed by atoms with E-state index in [0.29, 0.717) is 5.56 Å². The lowest BCUT2D eigenvalue weighted by Crippen LogP contribution is -2.35. The van der Waals surface area contributed by atoms with Gasteiger partial charge in [0.1, 0.15) is 0 Å². The van der Waals surface area contributed by atoms with Gasteiger partial charge >= 0.3 is 11.9 Å². The molecule has 0 N–H and O–H groups in total. The number of aromatic nitrogens is 1. The molecule has 0 saturated carbocycles. The molecule has 0 aliphatic heterocycles. The molecule has 2 rings (SSSR count). The number of rotatable bonds is 4. The highest BCUT2D eigenvalue weighted by Gasteiger charge is 2.29. The zero-order valence-corrected chi connectivity index (χ0v) is 11.0. The third kappa shape index (κ3) is 2.72. The number of esters is 1. The van der Waals surface area contributed by atoms with Crippen molar-refractivity contribution >= 4 is 16.7 Å². The van der Waals surface area contributed by atoms with Crippen LogP contribution in [0.15, 0.2) is 36.7 Å². The number of fused-ring (bicyclic) bond motifs is 1. The highest BCUT2D eigenvalue weighted by Crippen LogP contribution is 2.21. The van der Waals surface area contributed by atoms with Crippen LogP contribution < -0.4 is 0 Å². The van der Waals surface area contributed by atoms with Gasteiger partial charge in [-0.25, -0.2) is 4.79 Å². The van der Waals surface area contributed by atoms with Gasteiger partial charge < -0.3 is 14.2 Å². The summed E-state index contributed by atoms with van der Waals surface area (Å²) in [6, 6.07) is 7.45. The summed E-state index contributed by atoms with van der Waals surface area (Å²) in [4.78, 5) is 16.2. The van der Waals surface area contributed by atoms with E-state index >= 15 is 0 Å². The number of hydrogen-bond acceptors (Lipinski definition) is 5. The zero-order valence-electron chi connectivity index (χ0n) is 11.0. The van der Waals surface area contributed by atoms with E-state index in [2.05, 4.69) is 4.98 Å². The molecule has 0 aliphatic rings. The maximum atomic E-state index is 12.2. The van der Waals surface area contributed by atoms with E-state index in [1.807, 2.05) is 24.3 Å². The molecule has 0 spiro atoms. The van der Waals surface area contributed by atoms with Crippen molar-refractivity contribution in [1.29, 1.82) is 0 Å². The molecule has 1 aromatic heterocycles. The Kier molecular flexibility index (Phi) is 3.78. The summed E-state index contributed by atoms with van der Waals surface area (Å²) in [6.45, 7) is 1.52. The number of benzene rings is 1. The fourth-order valence-electron chi connectivity index (χ4n) is 1.67. The fourth-order valence-corrected chi connectivity index (χ4v) is 1.67. The summed E-state index contributed by atoms with van der Waals surface area (Å²) in [6.07, 6.45) is 3.16. The van der Waals surface area contributed by atoms with Crippen molar-refractivity contribution in [1.82, 2.24) is 4.98 Å². The first-order valence-electron chi connectivity index (χ1n) is 5.76. The molecule has 0 fully saturated rings. The number of methoxy groups -OCH3 is 2. The lowest BCUT2D eigenvalue weighted by atomic mass is 10.1. The third-order valence-electron chi connectivity index (χ3n) is 2.91. The molecule has 19 heavy (non-hydrogen) atoms. The Bertz CT molecular complexity index is 588. The summed E-state index contributed by atoms with van der Waals surface area (Å²) >= 11 is 0. The monoisotopic (exact) mass is 261 g/mol. The van der Waals surface area contributed by atoms with Crippen LogP contribution in [0.3, 0.4) is 0 Å². The molecule has 2 aromatic rings. The van der Waals surface area contributed by atoms with Crippen molar-refractivity contribution in [2.24, 2.45) is 0 Å². The van der Waals surface area contributed by atoms with E-state index in [4.69, 9.17) is 14.2 Å². The summed E-state index contributed by atoms with van der Waals surface area (Å²) in [5.74, 6) is -1.95. The number of nitrogens with zero attached hydrogens (tertiary/aromatic N) is 1. The third-order valence-corrected chi connectivity index (χ3v) is 2.91. The van der Waals surface area contributed by atoms with Crippen LogP contribution in [0.25, 0.3) is 10.8 Å². The number of pyridine rings is 1. The first-order chi connectivity index (χ1) is 9.09. The van der Waals surface area contributed by atoms with Gasteiger partial charge in [-0.2, -0.15) is 0 Å². The van der Waals surface area contributed by atoms with E-state index in [-0.39, 0.29) is 0 Å². The topological polar surface area (TPSA) is 57.7 Å². The number of hydrogen-bond donors (Lipinski definition) is 0. The average Bonchev–Trinajstić information content (AvgIpc) is 2.46. The highest BCUT2D eigenvalue weighted by molar-refractivity contribution is 6.03. The van der Waals surface area contributed by atoms with Crippen LogP contribution in [-0.2, 0) is 14.2 Å². The summed E-state index contributed by atoms with van der Waals surface area (Å²) in [5.41, 5.74) is 0.374. The predicted octanol–water partition coefficient (Wildman–Crippen LogP) is 2.36. The molecule has 5 nitrogen and oxygen atoms in total. The minimum Gasteiger partial charge on any atom is -0.404 e. The molecule has 0 unspecified atom stereocenters. The summed E-state index contributed by atoms with van der Waals surface area (Å²) in [5, 5.41) is 1.64. The van der Waals surface area contributed by atoms with Crippen LogP contribution in [0.1, 0.15) is 17.3 Å². The molecule has 0 amide bonds. The molecule has 0 bridgehead atoms. The minimum atomic E-state index is -1.41. The highest BCUT2D eigenvalue weighted by atomic mass is 16.9. The van der Waals surface area contributed by atoms with Crippen molar-refractivity contribution in [3.63, 3.8) is 0 Å². The standard InChI is InChI=1S/C14H15NO4/c1-14(17-2,18-3)19-13(16)12-9-15-8-10-6-4-5-7-11(10)12/h4-9H,1-3H3. The maximum absolute atomic E-state index is 12.2. The number of ether oxygens (including phenoxy) is 3. The second-order valence-electron chi connectivity index (χ2n) is 4.07. The lowest BCUT2D eigenvalue weighted by Gasteiger charge is -2.25. The van der Waals surface area contributed by atoms with Crippen molar-refractivity contribution in [3.05, 3.63) is 42.2 Å². The SMILES string of the molecule is COC(C)(OC)OC(=O)c1cncc2ccccc12. The Labute approximate surface area is 111 Å². The first-order valence-corrected chi connectivity index (χ1v) is 5.76. The van der Waals surface area contributed by atoms with Crippen LogP contribution in [0.2, 0.25) is 0 Å². The van der Waals surface area contributed by atoms with Gasteiger partial charge in [0.15, 0.2) is 0 Å². The Balaban J connectivity index is 2.37. The first kappa shape index (κ1) is 13.5. The normalized spacial score (nSPS) is 11.5. The van der Waals surface area contributed by atoms with E-state index in [9.17, 15) is 4.79 Å². The molecule has 1 heterocycles. The quantitative estimate of drug-likeness (QED) is 0.624. The van der Waals surface area contributed by atoms with Crippen LogP contribution in [-0.4, -0.2) is 31.1 Å². The van der Waals surface area contributed by atoms with Crippen molar-refractivity contribution in [3.8, 4) is 0 Å². The van der Waals surface area contributed by atoms with Gasteiger partial charge in [0.2, 0.25) is 0 Å². The summed E-state index contributed by atoms with van der Waals surface area (Å²) in [7, 11) is 2.80. The lowest BCUT2D eigenvalue weighted by molar-refractivity contribution is -0.323. The molecule has 0 radical (unpaired) electrons. The Hall–Kier alpha value is -1.98. The smallest absolute Gasteiger partial charge is 0.344 e. The minimum absolute atomic E-state index is 0.374. The van der Waals surface area contributed by atoms with Gasteiger partial charge in [-0.1, -0.05) is 24.3 Å². The van der Waals surface area contributed by atoms with Crippen LogP contribution in [0.4, 0.5) is 0 Å². The van der Waals surface area contributed by atoms with E-state index in [1.54, 1.807) is 6.20 Å². The van der Waals surface area contributed by atoms with E-state index in [0.717, 1.165) is 10.8 Å². The summed E-state index contributed by atoms with van der Waals surface area (Å²) < 4.78 is 15.2. The molecular weight excluding hydrogens is 246 g/mol. The van der Waals surface area contributed by atoms with Gasteiger partial charge in [0.25, 0.3) is 0 Å². The van der Waals surface area contributed by atoms with Gasteiger partial charge in [-0.05, 0) is 5.39 Å². The van der Waals surface area contributed by atoms with Crippen LogP contribution in [0.5, 0.6) is 0 Å². The molecule has 100 valence electrons. The van der Waals surface area contributed by atoms with E-state index in [1.165, 1.54) is 27.3 Å². The molecular formula is C14H15NO4. The fraction of sp³-hybridized carbons (Fsp3) is 0.286.